The lowest BCUT2D eigenvalue weighted by Gasteiger charge is -2.10. The zero-order chi connectivity index (χ0) is 14.8. The number of amides is 1. The molecule has 4 heteroatoms. The molecule has 0 saturated heterocycles. The number of anilines is 2. The molecule has 0 bridgehead atoms. The number of rotatable bonds is 3. The first-order valence-corrected chi connectivity index (χ1v) is 7.18. The lowest BCUT2D eigenvalue weighted by molar-refractivity contribution is 0.102. The van der Waals surface area contributed by atoms with Crippen LogP contribution in [0.4, 0.5) is 11.4 Å². The van der Waals surface area contributed by atoms with E-state index in [1.54, 1.807) is 6.07 Å². The van der Waals surface area contributed by atoms with Gasteiger partial charge in [0.25, 0.3) is 5.91 Å². The SMILES string of the molecule is Cc1cc(C(=O)Nc2ccc3c(c2)CCC3)ccc1NN. The summed E-state index contributed by atoms with van der Waals surface area (Å²) in [5.74, 6) is 5.30. The number of aryl methyl sites for hydroxylation is 3. The highest BCUT2D eigenvalue weighted by Gasteiger charge is 2.13. The Morgan fingerprint density at radius 1 is 1.10 bits per heavy atom. The average molecular weight is 281 g/mol. The molecule has 0 radical (unpaired) electrons. The smallest absolute Gasteiger partial charge is 0.255 e. The minimum atomic E-state index is -0.0976. The summed E-state index contributed by atoms with van der Waals surface area (Å²) < 4.78 is 0. The van der Waals surface area contributed by atoms with Crippen LogP contribution in [0.5, 0.6) is 0 Å². The van der Waals surface area contributed by atoms with Crippen LogP contribution in [0.3, 0.4) is 0 Å². The van der Waals surface area contributed by atoms with E-state index >= 15 is 0 Å². The van der Waals surface area contributed by atoms with Gasteiger partial charge in [-0.15, -0.1) is 0 Å². The summed E-state index contributed by atoms with van der Waals surface area (Å²) in [6.07, 6.45) is 3.46. The van der Waals surface area contributed by atoms with Crippen LogP contribution in [0, 0.1) is 6.92 Å². The molecule has 0 unspecified atom stereocenters. The molecule has 4 nitrogen and oxygen atoms in total. The van der Waals surface area contributed by atoms with Crippen LogP contribution in [0.15, 0.2) is 36.4 Å². The van der Waals surface area contributed by atoms with E-state index in [4.69, 9.17) is 5.84 Å². The number of nitrogen functional groups attached to an aromatic ring is 1. The van der Waals surface area contributed by atoms with Crippen molar-refractivity contribution in [2.45, 2.75) is 26.2 Å². The average Bonchev–Trinajstić information content (AvgIpc) is 2.94. The molecular weight excluding hydrogens is 262 g/mol. The summed E-state index contributed by atoms with van der Waals surface area (Å²) in [7, 11) is 0. The second-order valence-corrected chi connectivity index (χ2v) is 5.47. The first-order chi connectivity index (χ1) is 10.2. The van der Waals surface area contributed by atoms with Gasteiger partial charge in [-0.3, -0.25) is 10.6 Å². The monoisotopic (exact) mass is 281 g/mol. The van der Waals surface area contributed by atoms with Gasteiger partial charge in [0.05, 0.1) is 5.69 Å². The molecule has 1 amide bonds. The third kappa shape index (κ3) is 2.76. The molecule has 0 saturated carbocycles. The molecule has 21 heavy (non-hydrogen) atoms. The van der Waals surface area contributed by atoms with Crippen molar-refractivity contribution < 1.29 is 4.79 Å². The summed E-state index contributed by atoms with van der Waals surface area (Å²) in [5, 5.41) is 2.96. The van der Waals surface area contributed by atoms with Gasteiger partial charge in [0.15, 0.2) is 0 Å². The van der Waals surface area contributed by atoms with E-state index in [9.17, 15) is 4.79 Å². The molecule has 0 heterocycles. The first-order valence-electron chi connectivity index (χ1n) is 7.18. The fourth-order valence-corrected chi connectivity index (χ4v) is 2.82. The fourth-order valence-electron chi connectivity index (χ4n) is 2.82. The predicted molar refractivity (Wildman–Crippen MR) is 85.4 cm³/mol. The lowest BCUT2D eigenvalue weighted by atomic mass is 10.1. The summed E-state index contributed by atoms with van der Waals surface area (Å²) in [4.78, 5) is 12.3. The second-order valence-electron chi connectivity index (χ2n) is 5.47. The van der Waals surface area contributed by atoms with E-state index in [-0.39, 0.29) is 5.91 Å². The van der Waals surface area contributed by atoms with Gasteiger partial charge < -0.3 is 10.7 Å². The molecule has 1 aliphatic carbocycles. The van der Waals surface area contributed by atoms with E-state index in [2.05, 4.69) is 22.9 Å². The molecule has 2 aromatic rings. The fraction of sp³-hybridized carbons (Fsp3) is 0.235. The van der Waals surface area contributed by atoms with E-state index in [1.165, 1.54) is 17.5 Å². The van der Waals surface area contributed by atoms with Crippen molar-refractivity contribution in [1.29, 1.82) is 0 Å². The molecular formula is C17H19N3O. The Bertz CT molecular complexity index is 694. The lowest BCUT2D eigenvalue weighted by Crippen LogP contribution is -2.13. The number of hydrogen-bond acceptors (Lipinski definition) is 3. The van der Waals surface area contributed by atoms with Crippen molar-refractivity contribution in [1.82, 2.24) is 0 Å². The van der Waals surface area contributed by atoms with Crippen LogP contribution < -0.4 is 16.6 Å². The molecule has 0 aromatic heterocycles. The minimum Gasteiger partial charge on any atom is -0.324 e. The molecule has 3 rings (SSSR count). The van der Waals surface area contributed by atoms with Gasteiger partial charge in [-0.25, -0.2) is 0 Å². The van der Waals surface area contributed by atoms with Crippen LogP contribution in [0.1, 0.15) is 33.5 Å². The van der Waals surface area contributed by atoms with Crippen molar-refractivity contribution in [3.63, 3.8) is 0 Å². The summed E-state index contributed by atoms with van der Waals surface area (Å²) in [6.45, 7) is 1.92. The third-order valence-corrected chi connectivity index (χ3v) is 4.00. The molecule has 0 atom stereocenters. The van der Waals surface area contributed by atoms with Crippen LogP contribution >= 0.6 is 0 Å². The largest absolute Gasteiger partial charge is 0.324 e. The van der Waals surface area contributed by atoms with Gasteiger partial charge in [0, 0.05) is 11.3 Å². The zero-order valence-corrected chi connectivity index (χ0v) is 12.1. The normalized spacial score (nSPS) is 12.9. The van der Waals surface area contributed by atoms with Gasteiger partial charge in [0.2, 0.25) is 0 Å². The van der Waals surface area contributed by atoms with Crippen molar-refractivity contribution in [3.05, 3.63) is 58.7 Å². The second kappa shape index (κ2) is 5.58. The molecule has 4 N–H and O–H groups in total. The standard InChI is InChI=1S/C17H19N3O/c1-11-9-14(6-8-16(11)20-18)17(21)19-15-7-5-12-3-2-4-13(12)10-15/h5-10,20H,2-4,18H2,1H3,(H,19,21). The summed E-state index contributed by atoms with van der Waals surface area (Å²) >= 11 is 0. The van der Waals surface area contributed by atoms with Crippen molar-refractivity contribution in [2.24, 2.45) is 5.84 Å². The molecule has 108 valence electrons. The maximum atomic E-state index is 12.3. The Balaban J connectivity index is 1.78. The van der Waals surface area contributed by atoms with E-state index < -0.39 is 0 Å². The number of carbonyl (C=O) groups excluding carboxylic acids is 1. The number of carbonyl (C=O) groups is 1. The van der Waals surface area contributed by atoms with Crippen molar-refractivity contribution in [2.75, 3.05) is 10.7 Å². The van der Waals surface area contributed by atoms with Crippen LogP contribution in [-0.2, 0) is 12.8 Å². The highest BCUT2D eigenvalue weighted by Crippen LogP contribution is 2.25. The van der Waals surface area contributed by atoms with E-state index in [0.717, 1.165) is 29.8 Å². The third-order valence-electron chi connectivity index (χ3n) is 4.00. The zero-order valence-electron chi connectivity index (χ0n) is 12.1. The number of nitrogens with one attached hydrogen (secondary N) is 2. The first kappa shape index (κ1) is 13.6. The van der Waals surface area contributed by atoms with Gasteiger partial charge in [-0.1, -0.05) is 6.07 Å². The van der Waals surface area contributed by atoms with Crippen molar-refractivity contribution in [3.8, 4) is 0 Å². The molecule has 0 aliphatic heterocycles. The summed E-state index contributed by atoms with van der Waals surface area (Å²) in [6, 6.07) is 11.6. The number of hydrazine groups is 1. The number of nitrogens with two attached hydrogens (primary N) is 1. The molecule has 0 fully saturated rings. The predicted octanol–water partition coefficient (Wildman–Crippen LogP) is 3.02. The van der Waals surface area contributed by atoms with Crippen LogP contribution in [0.25, 0.3) is 0 Å². The Kier molecular flexibility index (Phi) is 3.62. The quantitative estimate of drug-likeness (QED) is 0.598. The van der Waals surface area contributed by atoms with Gasteiger partial charge >= 0.3 is 0 Å². The number of hydrogen-bond donors (Lipinski definition) is 3. The number of benzene rings is 2. The highest BCUT2D eigenvalue weighted by atomic mass is 16.1. The topological polar surface area (TPSA) is 67.2 Å². The van der Waals surface area contributed by atoms with Gasteiger partial charge in [-0.05, 0) is 73.2 Å². The minimum absolute atomic E-state index is 0.0976. The van der Waals surface area contributed by atoms with E-state index in [0.29, 0.717) is 5.56 Å². The Morgan fingerprint density at radius 3 is 2.67 bits per heavy atom. The maximum absolute atomic E-state index is 12.3. The maximum Gasteiger partial charge on any atom is 0.255 e. The Labute approximate surface area is 124 Å². The Hall–Kier alpha value is -2.33. The highest BCUT2D eigenvalue weighted by molar-refractivity contribution is 6.04. The van der Waals surface area contributed by atoms with Crippen molar-refractivity contribution >= 4 is 17.3 Å². The van der Waals surface area contributed by atoms with Gasteiger partial charge in [0.1, 0.15) is 0 Å². The Morgan fingerprint density at radius 2 is 1.90 bits per heavy atom. The summed E-state index contributed by atoms with van der Waals surface area (Å²) in [5.41, 5.74) is 8.62. The van der Waals surface area contributed by atoms with E-state index in [1.807, 2.05) is 25.1 Å². The van der Waals surface area contributed by atoms with Gasteiger partial charge in [-0.2, -0.15) is 0 Å². The molecule has 0 spiro atoms. The van der Waals surface area contributed by atoms with Crippen LogP contribution in [0.2, 0.25) is 0 Å². The molecule has 1 aliphatic rings. The number of fused-ring (bicyclic) bond motifs is 1. The molecule has 2 aromatic carbocycles. The van der Waals surface area contributed by atoms with Crippen LogP contribution in [-0.4, -0.2) is 5.91 Å².